The van der Waals surface area contributed by atoms with Gasteiger partial charge in [-0.25, -0.2) is 0 Å². The van der Waals surface area contributed by atoms with Gasteiger partial charge in [0, 0.05) is 0 Å². The lowest BCUT2D eigenvalue weighted by Crippen LogP contribution is -2.32. The number of hydrogen-bond donors (Lipinski definition) is 0. The fraction of sp³-hybridized carbons (Fsp3) is 0.636. The quantitative estimate of drug-likeness (QED) is 0.694. The van der Waals surface area contributed by atoms with Crippen LogP contribution >= 0.6 is 0 Å². The first kappa shape index (κ1) is 8.82. The van der Waals surface area contributed by atoms with E-state index in [1.165, 1.54) is 25.8 Å². The maximum Gasteiger partial charge on any atom is 0.120 e. The lowest BCUT2D eigenvalue weighted by atomic mass is 10.0. The first-order chi connectivity index (χ1) is 6.42. The molecular formula is C11H17NO. The standard InChI is InChI=1S/C11H17NO/c1-2-12-8-4-3-6-10(12)11-7-5-9-13-11/h5,7,9-10H,2-4,6,8H2,1H3/t10-/m0/s1. The van der Waals surface area contributed by atoms with Crippen LogP contribution in [0.5, 0.6) is 0 Å². The molecule has 2 nitrogen and oxygen atoms in total. The van der Waals surface area contributed by atoms with E-state index in [1.807, 2.05) is 6.07 Å². The highest BCUT2D eigenvalue weighted by Gasteiger charge is 2.24. The number of nitrogens with zero attached hydrogens (tertiary/aromatic N) is 1. The smallest absolute Gasteiger partial charge is 0.120 e. The Labute approximate surface area is 79.5 Å². The van der Waals surface area contributed by atoms with Gasteiger partial charge < -0.3 is 4.42 Å². The van der Waals surface area contributed by atoms with Crippen LogP contribution in [0, 0.1) is 0 Å². The predicted molar refractivity (Wildman–Crippen MR) is 52.5 cm³/mol. The fourth-order valence-electron chi connectivity index (χ4n) is 2.17. The highest BCUT2D eigenvalue weighted by atomic mass is 16.3. The molecule has 2 heterocycles. The number of furan rings is 1. The minimum Gasteiger partial charge on any atom is -0.468 e. The molecule has 2 rings (SSSR count). The van der Waals surface area contributed by atoms with Crippen molar-refractivity contribution >= 4 is 0 Å². The van der Waals surface area contributed by atoms with E-state index < -0.39 is 0 Å². The first-order valence-corrected chi connectivity index (χ1v) is 5.19. The van der Waals surface area contributed by atoms with Gasteiger partial charge in [-0.2, -0.15) is 0 Å². The monoisotopic (exact) mass is 179 g/mol. The molecule has 1 atom stereocenters. The summed E-state index contributed by atoms with van der Waals surface area (Å²) in [4.78, 5) is 2.50. The van der Waals surface area contributed by atoms with Crippen LogP contribution in [0.3, 0.4) is 0 Å². The zero-order valence-electron chi connectivity index (χ0n) is 8.20. The van der Waals surface area contributed by atoms with E-state index in [0.717, 1.165) is 12.3 Å². The van der Waals surface area contributed by atoms with Crippen molar-refractivity contribution in [2.75, 3.05) is 13.1 Å². The SMILES string of the molecule is CCN1CCCC[C@H]1c1ccco1. The summed E-state index contributed by atoms with van der Waals surface area (Å²) in [5.74, 6) is 1.14. The summed E-state index contributed by atoms with van der Waals surface area (Å²) >= 11 is 0. The molecule has 0 bridgehead atoms. The lowest BCUT2D eigenvalue weighted by Gasteiger charge is -2.33. The molecule has 1 saturated heterocycles. The third-order valence-corrected chi connectivity index (χ3v) is 2.89. The van der Waals surface area contributed by atoms with Crippen LogP contribution < -0.4 is 0 Å². The second kappa shape index (κ2) is 3.97. The van der Waals surface area contributed by atoms with E-state index in [4.69, 9.17) is 4.42 Å². The molecule has 2 heteroatoms. The summed E-state index contributed by atoms with van der Waals surface area (Å²) in [5.41, 5.74) is 0. The molecule has 1 aromatic heterocycles. The molecule has 0 unspecified atom stereocenters. The Kier molecular flexibility index (Phi) is 2.69. The predicted octanol–water partition coefficient (Wildman–Crippen LogP) is 2.83. The number of likely N-dealkylation sites (tertiary alicyclic amines) is 1. The summed E-state index contributed by atoms with van der Waals surface area (Å²) < 4.78 is 5.46. The summed E-state index contributed by atoms with van der Waals surface area (Å²) in [5, 5.41) is 0. The van der Waals surface area contributed by atoms with Crippen molar-refractivity contribution in [2.24, 2.45) is 0 Å². The maximum absolute atomic E-state index is 5.46. The Bertz CT molecular complexity index is 243. The Balaban J connectivity index is 2.11. The molecule has 13 heavy (non-hydrogen) atoms. The third-order valence-electron chi connectivity index (χ3n) is 2.89. The molecule has 1 aromatic rings. The molecule has 0 aromatic carbocycles. The third kappa shape index (κ3) is 1.78. The van der Waals surface area contributed by atoms with Crippen LogP contribution in [-0.2, 0) is 0 Å². The van der Waals surface area contributed by atoms with Crippen molar-refractivity contribution in [3.63, 3.8) is 0 Å². The topological polar surface area (TPSA) is 16.4 Å². The van der Waals surface area contributed by atoms with Crippen LogP contribution in [0.15, 0.2) is 22.8 Å². The Hall–Kier alpha value is -0.760. The van der Waals surface area contributed by atoms with Crippen molar-refractivity contribution in [3.05, 3.63) is 24.2 Å². The molecule has 72 valence electrons. The summed E-state index contributed by atoms with van der Waals surface area (Å²) in [6.07, 6.45) is 5.70. The van der Waals surface area contributed by atoms with Crippen molar-refractivity contribution in [2.45, 2.75) is 32.2 Å². The van der Waals surface area contributed by atoms with Gasteiger partial charge >= 0.3 is 0 Å². The fourth-order valence-corrected chi connectivity index (χ4v) is 2.17. The zero-order valence-corrected chi connectivity index (χ0v) is 8.20. The van der Waals surface area contributed by atoms with Crippen molar-refractivity contribution in [1.82, 2.24) is 4.90 Å². The minimum atomic E-state index is 0.536. The molecule has 1 aliphatic heterocycles. The molecule has 0 N–H and O–H groups in total. The summed E-state index contributed by atoms with van der Waals surface area (Å²) in [7, 11) is 0. The van der Waals surface area contributed by atoms with Gasteiger partial charge in [-0.3, -0.25) is 4.90 Å². The van der Waals surface area contributed by atoms with Crippen molar-refractivity contribution < 1.29 is 4.42 Å². The van der Waals surface area contributed by atoms with E-state index in [-0.39, 0.29) is 0 Å². The highest BCUT2D eigenvalue weighted by molar-refractivity contribution is 5.05. The van der Waals surface area contributed by atoms with E-state index in [0.29, 0.717) is 6.04 Å². The molecule has 0 aliphatic carbocycles. The van der Waals surface area contributed by atoms with Crippen LogP contribution in [0.4, 0.5) is 0 Å². The number of hydrogen-bond acceptors (Lipinski definition) is 2. The number of rotatable bonds is 2. The van der Waals surface area contributed by atoms with Gasteiger partial charge in [0.1, 0.15) is 5.76 Å². The van der Waals surface area contributed by atoms with Crippen molar-refractivity contribution in [1.29, 1.82) is 0 Å². The molecule has 0 spiro atoms. The minimum absolute atomic E-state index is 0.536. The van der Waals surface area contributed by atoms with Crippen LogP contribution in [0.1, 0.15) is 38.0 Å². The van der Waals surface area contributed by atoms with Crippen LogP contribution in [-0.4, -0.2) is 18.0 Å². The largest absolute Gasteiger partial charge is 0.468 e. The summed E-state index contributed by atoms with van der Waals surface area (Å²) in [6.45, 7) is 4.58. The van der Waals surface area contributed by atoms with E-state index in [1.54, 1.807) is 6.26 Å². The van der Waals surface area contributed by atoms with Crippen LogP contribution in [0.25, 0.3) is 0 Å². The second-order valence-corrected chi connectivity index (χ2v) is 3.66. The van der Waals surface area contributed by atoms with Crippen molar-refractivity contribution in [3.8, 4) is 0 Å². The molecule has 0 amide bonds. The van der Waals surface area contributed by atoms with E-state index in [9.17, 15) is 0 Å². The summed E-state index contributed by atoms with van der Waals surface area (Å²) in [6, 6.07) is 4.62. The molecule has 1 fully saturated rings. The zero-order chi connectivity index (χ0) is 9.10. The Morgan fingerprint density at radius 1 is 1.54 bits per heavy atom. The van der Waals surface area contributed by atoms with E-state index in [2.05, 4.69) is 17.9 Å². The van der Waals surface area contributed by atoms with Gasteiger partial charge in [-0.1, -0.05) is 13.3 Å². The number of piperidine rings is 1. The van der Waals surface area contributed by atoms with Gasteiger partial charge in [0.05, 0.1) is 12.3 Å². The highest BCUT2D eigenvalue weighted by Crippen LogP contribution is 2.30. The molecule has 1 aliphatic rings. The maximum atomic E-state index is 5.46. The normalized spacial score (nSPS) is 24.8. The lowest BCUT2D eigenvalue weighted by molar-refractivity contribution is 0.137. The average molecular weight is 179 g/mol. The van der Waals surface area contributed by atoms with Gasteiger partial charge in [0.2, 0.25) is 0 Å². The molecular weight excluding hydrogens is 162 g/mol. The van der Waals surface area contributed by atoms with Gasteiger partial charge in [0.25, 0.3) is 0 Å². The van der Waals surface area contributed by atoms with Gasteiger partial charge in [0.15, 0.2) is 0 Å². The average Bonchev–Trinajstić information content (AvgIpc) is 2.70. The van der Waals surface area contributed by atoms with E-state index >= 15 is 0 Å². The van der Waals surface area contributed by atoms with Crippen LogP contribution in [0.2, 0.25) is 0 Å². The molecule has 0 radical (unpaired) electrons. The van der Waals surface area contributed by atoms with Gasteiger partial charge in [-0.15, -0.1) is 0 Å². The first-order valence-electron chi connectivity index (χ1n) is 5.19. The Morgan fingerprint density at radius 3 is 3.15 bits per heavy atom. The molecule has 0 saturated carbocycles. The second-order valence-electron chi connectivity index (χ2n) is 3.66. The van der Waals surface area contributed by atoms with Gasteiger partial charge in [-0.05, 0) is 38.1 Å². The Morgan fingerprint density at radius 2 is 2.46 bits per heavy atom.